The first kappa shape index (κ1) is 14.0. The topological polar surface area (TPSA) is 83.6 Å². The van der Waals surface area contributed by atoms with Crippen molar-refractivity contribution in [1.29, 1.82) is 0 Å². The van der Waals surface area contributed by atoms with Gasteiger partial charge in [0.2, 0.25) is 5.91 Å². The fraction of sp³-hybridized carbons (Fsp3) is 0.833. The zero-order valence-corrected chi connectivity index (χ0v) is 10.4. The molecule has 1 rings (SSSR count). The maximum absolute atomic E-state index is 11.9. The molecule has 2 atom stereocenters. The van der Waals surface area contributed by atoms with Gasteiger partial charge in [0.05, 0.1) is 0 Å². The van der Waals surface area contributed by atoms with Crippen molar-refractivity contribution in [2.45, 2.75) is 57.5 Å². The minimum atomic E-state index is -0.884. The maximum atomic E-state index is 11.9. The van der Waals surface area contributed by atoms with Crippen molar-refractivity contribution in [2.24, 2.45) is 5.73 Å². The summed E-state index contributed by atoms with van der Waals surface area (Å²) < 4.78 is 0. The average Bonchev–Trinajstić information content (AvgIpc) is 2.28. The van der Waals surface area contributed by atoms with Crippen molar-refractivity contribution in [3.8, 4) is 0 Å². The highest BCUT2D eigenvalue weighted by Gasteiger charge is 2.31. The summed E-state index contributed by atoms with van der Waals surface area (Å²) in [6.07, 6.45) is 4.32. The number of amides is 1. The van der Waals surface area contributed by atoms with E-state index in [-0.39, 0.29) is 11.9 Å². The second-order valence-corrected chi connectivity index (χ2v) is 4.81. The fourth-order valence-corrected chi connectivity index (χ4v) is 2.21. The highest BCUT2D eigenvalue weighted by molar-refractivity contribution is 5.83. The van der Waals surface area contributed by atoms with E-state index in [1.54, 1.807) is 0 Å². The Bertz CT molecular complexity index is 279. The summed E-state index contributed by atoms with van der Waals surface area (Å²) in [5, 5.41) is 9.06. The van der Waals surface area contributed by atoms with Gasteiger partial charge < -0.3 is 15.7 Å². The van der Waals surface area contributed by atoms with E-state index in [1.165, 1.54) is 4.90 Å². The summed E-state index contributed by atoms with van der Waals surface area (Å²) in [5.41, 5.74) is 5.61. The van der Waals surface area contributed by atoms with Crippen molar-refractivity contribution in [2.75, 3.05) is 6.54 Å². The number of likely N-dealkylation sites (tertiary alicyclic amines) is 1. The van der Waals surface area contributed by atoms with Gasteiger partial charge in [0.15, 0.2) is 0 Å². The lowest BCUT2D eigenvalue weighted by molar-refractivity contribution is -0.152. The standard InChI is InChI=1S/C12H22N2O3/c1-9(13)5-4-7-11(15)14-8-3-2-6-10(14)12(16)17/h9-10H,2-8,13H2,1H3,(H,16,17)/t9?,10-/m1/s1. The second kappa shape index (κ2) is 6.59. The normalized spacial score (nSPS) is 22.2. The Morgan fingerprint density at radius 3 is 2.76 bits per heavy atom. The van der Waals surface area contributed by atoms with Crippen molar-refractivity contribution >= 4 is 11.9 Å². The Labute approximate surface area is 102 Å². The molecule has 1 aliphatic heterocycles. The van der Waals surface area contributed by atoms with Crippen LogP contribution in [-0.2, 0) is 9.59 Å². The van der Waals surface area contributed by atoms with Gasteiger partial charge in [-0.3, -0.25) is 4.79 Å². The van der Waals surface area contributed by atoms with Crippen LogP contribution in [0.25, 0.3) is 0 Å². The highest BCUT2D eigenvalue weighted by Crippen LogP contribution is 2.18. The lowest BCUT2D eigenvalue weighted by Crippen LogP contribution is -2.47. The van der Waals surface area contributed by atoms with Gasteiger partial charge in [-0.05, 0) is 39.0 Å². The van der Waals surface area contributed by atoms with Crippen LogP contribution in [-0.4, -0.2) is 40.5 Å². The van der Waals surface area contributed by atoms with E-state index in [0.717, 1.165) is 25.7 Å². The number of carboxylic acid groups (broad SMARTS) is 1. The minimum absolute atomic E-state index is 0.0437. The first-order valence-corrected chi connectivity index (χ1v) is 6.30. The van der Waals surface area contributed by atoms with Gasteiger partial charge in [0, 0.05) is 19.0 Å². The average molecular weight is 242 g/mol. The number of nitrogens with zero attached hydrogens (tertiary/aromatic N) is 1. The van der Waals surface area contributed by atoms with Crippen molar-refractivity contribution in [3.63, 3.8) is 0 Å². The largest absolute Gasteiger partial charge is 0.480 e. The van der Waals surface area contributed by atoms with Gasteiger partial charge in [-0.2, -0.15) is 0 Å². The summed E-state index contributed by atoms with van der Waals surface area (Å²) in [5.74, 6) is -0.928. The molecular formula is C12H22N2O3. The van der Waals surface area contributed by atoms with Crippen molar-refractivity contribution < 1.29 is 14.7 Å². The third-order valence-electron chi connectivity index (χ3n) is 3.16. The van der Waals surface area contributed by atoms with Crippen LogP contribution in [0, 0.1) is 0 Å². The molecule has 0 aromatic carbocycles. The molecule has 3 N–H and O–H groups in total. The molecule has 0 radical (unpaired) electrons. The number of aliphatic carboxylic acids is 1. The molecule has 5 heteroatoms. The van der Waals surface area contributed by atoms with E-state index in [0.29, 0.717) is 19.4 Å². The molecule has 1 amide bonds. The van der Waals surface area contributed by atoms with Gasteiger partial charge >= 0.3 is 5.97 Å². The number of hydrogen-bond donors (Lipinski definition) is 2. The Morgan fingerprint density at radius 2 is 2.18 bits per heavy atom. The van der Waals surface area contributed by atoms with E-state index in [4.69, 9.17) is 10.8 Å². The summed E-state index contributed by atoms with van der Waals surface area (Å²) in [6, 6.07) is -0.522. The zero-order chi connectivity index (χ0) is 12.8. The molecule has 1 heterocycles. The predicted octanol–water partition coefficient (Wildman–Crippen LogP) is 0.970. The van der Waals surface area contributed by atoms with Crippen LogP contribution in [0.4, 0.5) is 0 Å². The summed E-state index contributed by atoms with van der Waals surface area (Å²) >= 11 is 0. The lowest BCUT2D eigenvalue weighted by Gasteiger charge is -2.33. The molecule has 0 bridgehead atoms. The quantitative estimate of drug-likeness (QED) is 0.752. The van der Waals surface area contributed by atoms with E-state index >= 15 is 0 Å². The number of carboxylic acids is 1. The molecule has 0 aromatic rings. The molecule has 1 fully saturated rings. The zero-order valence-electron chi connectivity index (χ0n) is 10.4. The Balaban J connectivity index is 2.45. The summed E-state index contributed by atoms with van der Waals surface area (Å²) in [7, 11) is 0. The lowest BCUT2D eigenvalue weighted by atomic mass is 10.0. The van der Waals surface area contributed by atoms with Gasteiger partial charge in [-0.15, -0.1) is 0 Å². The molecule has 1 unspecified atom stereocenters. The fourth-order valence-electron chi connectivity index (χ4n) is 2.21. The molecule has 0 saturated carbocycles. The Kier molecular flexibility index (Phi) is 5.41. The molecule has 5 nitrogen and oxygen atoms in total. The minimum Gasteiger partial charge on any atom is -0.480 e. The SMILES string of the molecule is CC(N)CCCC(=O)N1CCCC[C@@H]1C(=O)O. The first-order chi connectivity index (χ1) is 8.02. The second-order valence-electron chi connectivity index (χ2n) is 4.81. The van der Waals surface area contributed by atoms with Crippen LogP contribution in [0.15, 0.2) is 0 Å². The van der Waals surface area contributed by atoms with Crippen LogP contribution < -0.4 is 5.73 Å². The molecule has 1 aliphatic rings. The number of hydrogen-bond acceptors (Lipinski definition) is 3. The van der Waals surface area contributed by atoms with Crippen LogP contribution in [0.1, 0.15) is 45.4 Å². The van der Waals surface area contributed by atoms with Gasteiger partial charge in [-0.25, -0.2) is 4.79 Å². The molecule has 98 valence electrons. The number of piperidine rings is 1. The number of carbonyl (C=O) groups is 2. The molecule has 0 aromatic heterocycles. The molecule has 0 spiro atoms. The molecule has 17 heavy (non-hydrogen) atoms. The van der Waals surface area contributed by atoms with Crippen LogP contribution in [0.3, 0.4) is 0 Å². The van der Waals surface area contributed by atoms with Gasteiger partial charge in [0.1, 0.15) is 6.04 Å². The predicted molar refractivity (Wildman–Crippen MR) is 64.5 cm³/mol. The van der Waals surface area contributed by atoms with E-state index in [9.17, 15) is 9.59 Å². The third kappa shape index (κ3) is 4.34. The molecule has 0 aliphatic carbocycles. The summed E-state index contributed by atoms with van der Waals surface area (Å²) in [4.78, 5) is 24.5. The maximum Gasteiger partial charge on any atom is 0.326 e. The van der Waals surface area contributed by atoms with Crippen LogP contribution >= 0.6 is 0 Å². The number of rotatable bonds is 5. The molecule has 1 saturated heterocycles. The first-order valence-electron chi connectivity index (χ1n) is 6.30. The highest BCUT2D eigenvalue weighted by atomic mass is 16.4. The van der Waals surface area contributed by atoms with Crippen LogP contribution in [0.5, 0.6) is 0 Å². The van der Waals surface area contributed by atoms with E-state index in [2.05, 4.69) is 0 Å². The van der Waals surface area contributed by atoms with Gasteiger partial charge in [0.25, 0.3) is 0 Å². The molecular weight excluding hydrogens is 220 g/mol. The van der Waals surface area contributed by atoms with Crippen molar-refractivity contribution in [3.05, 3.63) is 0 Å². The number of nitrogens with two attached hydrogens (primary N) is 1. The smallest absolute Gasteiger partial charge is 0.326 e. The summed E-state index contributed by atoms with van der Waals surface area (Å²) in [6.45, 7) is 2.49. The van der Waals surface area contributed by atoms with Crippen molar-refractivity contribution in [1.82, 2.24) is 4.90 Å². The van der Waals surface area contributed by atoms with E-state index in [1.807, 2.05) is 6.92 Å². The number of carbonyl (C=O) groups excluding carboxylic acids is 1. The Hall–Kier alpha value is -1.10. The van der Waals surface area contributed by atoms with Crippen LogP contribution in [0.2, 0.25) is 0 Å². The third-order valence-corrected chi connectivity index (χ3v) is 3.16. The Morgan fingerprint density at radius 1 is 1.47 bits per heavy atom. The van der Waals surface area contributed by atoms with E-state index < -0.39 is 12.0 Å². The van der Waals surface area contributed by atoms with Gasteiger partial charge in [-0.1, -0.05) is 0 Å². The monoisotopic (exact) mass is 242 g/mol.